The van der Waals surface area contributed by atoms with Crippen molar-refractivity contribution >= 4 is 23.4 Å². The van der Waals surface area contributed by atoms with E-state index in [0.717, 1.165) is 34.0 Å². The predicted molar refractivity (Wildman–Crippen MR) is 141 cm³/mol. The van der Waals surface area contributed by atoms with Crippen molar-refractivity contribution in [2.24, 2.45) is 0 Å². The second-order valence-electron chi connectivity index (χ2n) is 7.67. The van der Waals surface area contributed by atoms with Crippen molar-refractivity contribution in [1.82, 2.24) is 20.9 Å². The van der Waals surface area contributed by atoms with E-state index in [2.05, 4.69) is 16.1 Å². The Bertz CT molecular complexity index is 1490. The van der Waals surface area contributed by atoms with Gasteiger partial charge in [0.1, 0.15) is 10.9 Å². The van der Waals surface area contributed by atoms with Crippen molar-refractivity contribution in [3.05, 3.63) is 130 Å². The number of nitrogens with zero attached hydrogens (tertiary/aromatic N) is 2. The summed E-state index contributed by atoms with van der Waals surface area (Å²) in [4.78, 5) is 17.9. The number of hydrogen-bond acceptors (Lipinski definition) is 5. The van der Waals surface area contributed by atoms with E-state index in [1.54, 1.807) is 18.5 Å². The Morgan fingerprint density at radius 1 is 0.857 bits per heavy atom. The summed E-state index contributed by atoms with van der Waals surface area (Å²) in [6, 6.07) is 28.5. The van der Waals surface area contributed by atoms with Crippen molar-refractivity contribution in [3.8, 4) is 17.0 Å². The van der Waals surface area contributed by atoms with Crippen molar-refractivity contribution in [2.45, 2.75) is 15.8 Å². The van der Waals surface area contributed by atoms with Gasteiger partial charge in [-0.15, -0.1) is 0 Å². The minimum Gasteiger partial charge on any atom is -0.493 e. The molecule has 0 aliphatic heterocycles. The highest BCUT2D eigenvalue weighted by molar-refractivity contribution is 7.99. The van der Waals surface area contributed by atoms with Gasteiger partial charge in [0.15, 0.2) is 0 Å². The molecule has 1 unspecified atom stereocenters. The second-order valence-corrected chi connectivity index (χ2v) is 9.13. The lowest BCUT2D eigenvalue weighted by Gasteiger charge is -2.21. The Kier molecular flexibility index (Phi) is 7.41. The molecular formula is C27H23ClN4O2S. The number of benzene rings is 3. The maximum absolute atomic E-state index is 12.9. The predicted octanol–water partition coefficient (Wildman–Crippen LogP) is 6.55. The number of rotatable bonds is 6. The van der Waals surface area contributed by atoms with Crippen LogP contribution in [0.5, 0.6) is 5.88 Å². The maximum atomic E-state index is 12.9. The fraction of sp³-hybridized carbons (Fsp3) is 0.0370. The van der Waals surface area contributed by atoms with E-state index in [-0.39, 0.29) is 22.5 Å². The first kappa shape index (κ1) is 24.3. The number of aromatic nitrogens is 3. The first-order chi connectivity index (χ1) is 16.6. The Labute approximate surface area is 211 Å². The van der Waals surface area contributed by atoms with Crippen LogP contribution in [0.25, 0.3) is 11.1 Å². The zero-order valence-corrected chi connectivity index (χ0v) is 20.2. The number of nitrogens with one attached hydrogen (secondary N) is 1. The summed E-state index contributed by atoms with van der Waals surface area (Å²) in [6.07, 6.45) is 3.51. The molecule has 0 spiro atoms. The molecule has 2 heterocycles. The van der Waals surface area contributed by atoms with Crippen LogP contribution < -0.4 is 11.7 Å². The van der Waals surface area contributed by atoms with Crippen LogP contribution in [0, 0.1) is 0 Å². The molecule has 8 heteroatoms. The lowest BCUT2D eigenvalue weighted by atomic mass is 9.95. The van der Waals surface area contributed by atoms with Crippen LogP contribution in [0.2, 0.25) is 5.02 Å². The molecule has 1 atom stereocenters. The van der Waals surface area contributed by atoms with E-state index in [0.29, 0.717) is 9.92 Å². The summed E-state index contributed by atoms with van der Waals surface area (Å²) in [6.45, 7) is 0. The molecule has 0 saturated heterocycles. The van der Waals surface area contributed by atoms with Gasteiger partial charge in [-0.05, 0) is 52.6 Å². The van der Waals surface area contributed by atoms with Crippen LogP contribution in [0.4, 0.5) is 0 Å². The topological polar surface area (TPSA) is 106 Å². The lowest BCUT2D eigenvalue weighted by Crippen LogP contribution is -2.16. The summed E-state index contributed by atoms with van der Waals surface area (Å²) < 4.78 is 1.52. The van der Waals surface area contributed by atoms with Gasteiger partial charge in [0, 0.05) is 17.3 Å². The van der Waals surface area contributed by atoms with E-state index in [1.165, 1.54) is 4.68 Å². The highest BCUT2D eigenvalue weighted by Gasteiger charge is 2.25. The summed E-state index contributed by atoms with van der Waals surface area (Å²) in [7, 11) is 0. The van der Waals surface area contributed by atoms with Gasteiger partial charge in [-0.2, -0.15) is 0 Å². The number of H-pyrrole nitrogens is 1. The van der Waals surface area contributed by atoms with E-state index < -0.39 is 6.04 Å². The molecule has 176 valence electrons. The quantitative estimate of drug-likeness (QED) is 0.244. The first-order valence-corrected chi connectivity index (χ1v) is 11.8. The molecule has 0 saturated carbocycles. The third-order valence-corrected chi connectivity index (χ3v) is 7.09. The zero-order chi connectivity index (χ0) is 23.5. The van der Waals surface area contributed by atoms with Crippen LogP contribution >= 0.6 is 23.4 Å². The Hall–Kier alpha value is -3.78. The Morgan fingerprint density at radius 3 is 2.29 bits per heavy atom. The van der Waals surface area contributed by atoms with Crippen molar-refractivity contribution < 1.29 is 5.11 Å². The van der Waals surface area contributed by atoms with Crippen molar-refractivity contribution in [2.75, 3.05) is 0 Å². The monoisotopic (exact) mass is 502 g/mol. The van der Waals surface area contributed by atoms with Gasteiger partial charge in [-0.1, -0.05) is 84.0 Å². The number of aromatic hydroxyl groups is 1. The first-order valence-electron chi connectivity index (χ1n) is 10.6. The number of aromatic amines is 1. The molecule has 6 nitrogen and oxygen atoms in total. The summed E-state index contributed by atoms with van der Waals surface area (Å²) in [5.41, 5.74) is 3.50. The zero-order valence-electron chi connectivity index (χ0n) is 18.6. The fourth-order valence-corrected chi connectivity index (χ4v) is 5.01. The van der Waals surface area contributed by atoms with Crippen LogP contribution in [0.15, 0.2) is 118 Å². The van der Waals surface area contributed by atoms with Gasteiger partial charge in [0.05, 0.1) is 5.02 Å². The summed E-state index contributed by atoms with van der Waals surface area (Å²) in [5, 5.41) is 14.6. The van der Waals surface area contributed by atoms with Crippen LogP contribution in [0.3, 0.4) is 0 Å². The van der Waals surface area contributed by atoms with Crippen molar-refractivity contribution in [1.29, 1.82) is 0 Å². The minimum absolute atomic E-state index is 0. The Balaban J connectivity index is 0.00000289. The third-order valence-electron chi connectivity index (χ3n) is 5.50. The van der Waals surface area contributed by atoms with Gasteiger partial charge < -0.3 is 11.3 Å². The largest absolute Gasteiger partial charge is 0.493 e. The molecule has 3 aromatic carbocycles. The second kappa shape index (κ2) is 10.7. The van der Waals surface area contributed by atoms with Crippen molar-refractivity contribution in [3.63, 3.8) is 0 Å². The summed E-state index contributed by atoms with van der Waals surface area (Å²) in [5.74, 6) is -0.141. The lowest BCUT2D eigenvalue weighted by molar-refractivity contribution is 0.384. The molecule has 0 aliphatic rings. The third kappa shape index (κ3) is 5.02. The molecule has 2 aromatic heterocycles. The van der Waals surface area contributed by atoms with E-state index >= 15 is 0 Å². The van der Waals surface area contributed by atoms with Gasteiger partial charge in [0.2, 0.25) is 5.88 Å². The molecular weight excluding hydrogens is 480 g/mol. The summed E-state index contributed by atoms with van der Waals surface area (Å²) >= 11 is 7.43. The molecule has 5 rings (SSSR count). The molecule has 5 aromatic rings. The van der Waals surface area contributed by atoms with Gasteiger partial charge in [0.25, 0.3) is 5.56 Å². The van der Waals surface area contributed by atoms with E-state index in [1.807, 2.05) is 78.9 Å². The molecule has 35 heavy (non-hydrogen) atoms. The molecule has 0 aliphatic carbocycles. The fourth-order valence-electron chi connectivity index (χ4n) is 3.90. The number of halogens is 1. The van der Waals surface area contributed by atoms with E-state index in [9.17, 15) is 9.90 Å². The molecule has 0 radical (unpaired) electrons. The average Bonchev–Trinajstić information content (AvgIpc) is 3.15. The highest BCUT2D eigenvalue weighted by atomic mass is 35.5. The van der Waals surface area contributed by atoms with Crippen LogP contribution in [-0.4, -0.2) is 19.9 Å². The SMILES string of the molecule is N.O=c1[nH]n(C(c2ccccc2)c2cccc(-c3ccncc3)c2)c(O)c1Sc1ccccc1Cl. The molecule has 5 N–H and O–H groups in total. The Morgan fingerprint density at radius 2 is 1.54 bits per heavy atom. The maximum Gasteiger partial charge on any atom is 0.282 e. The van der Waals surface area contributed by atoms with Gasteiger partial charge in [-0.3, -0.25) is 14.9 Å². The smallest absolute Gasteiger partial charge is 0.282 e. The van der Waals surface area contributed by atoms with Gasteiger partial charge in [-0.25, -0.2) is 4.68 Å². The molecule has 0 fully saturated rings. The number of pyridine rings is 1. The standard InChI is InChI=1S/C27H20ClN3O2S.H3N/c28-22-11-4-5-12-23(22)34-25-26(32)30-31(27(25)33)24(19-7-2-1-3-8-19)21-10-6-9-20(17-21)18-13-15-29-16-14-18;/h1-17,24,33H,(H,30,32);1H3. The van der Waals surface area contributed by atoms with Gasteiger partial charge >= 0.3 is 0 Å². The molecule has 0 bridgehead atoms. The normalized spacial score (nSPS) is 11.6. The minimum atomic E-state index is -0.448. The average molecular weight is 503 g/mol. The number of hydrogen-bond donors (Lipinski definition) is 3. The van der Waals surface area contributed by atoms with Crippen LogP contribution in [-0.2, 0) is 0 Å². The highest BCUT2D eigenvalue weighted by Crippen LogP contribution is 2.39. The van der Waals surface area contributed by atoms with E-state index in [4.69, 9.17) is 11.6 Å². The van der Waals surface area contributed by atoms with Crippen LogP contribution in [0.1, 0.15) is 17.2 Å². The molecule has 0 amide bonds.